The highest BCUT2D eigenvalue weighted by Crippen LogP contribution is 2.18. The smallest absolute Gasteiger partial charge is 0.0640 e. The minimum atomic E-state index is 1.11. The molecule has 1 rings (SSSR count). The Labute approximate surface area is 78.8 Å². The third-order valence-corrected chi connectivity index (χ3v) is 2.75. The van der Waals surface area contributed by atoms with Crippen LogP contribution < -0.4 is 0 Å². The lowest BCUT2D eigenvalue weighted by atomic mass is 10.3. The Morgan fingerprint density at radius 3 is 2.92 bits per heavy atom. The van der Waals surface area contributed by atoms with Gasteiger partial charge in [-0.3, -0.25) is 0 Å². The third kappa shape index (κ3) is 2.45. The monoisotopic (exact) mass is 181 g/mol. The van der Waals surface area contributed by atoms with E-state index in [-0.39, 0.29) is 0 Å². The van der Waals surface area contributed by atoms with Crippen LogP contribution in [0.15, 0.2) is 36.6 Å². The fourth-order valence-electron chi connectivity index (χ4n) is 1.12. The molecule has 1 aliphatic rings. The average Bonchev–Trinajstić information content (AvgIpc) is 2.59. The van der Waals surface area contributed by atoms with Crippen LogP contribution in [0.1, 0.15) is 6.92 Å². The van der Waals surface area contributed by atoms with Crippen LogP contribution in [-0.4, -0.2) is 23.1 Å². The summed E-state index contributed by atoms with van der Waals surface area (Å²) >= 11 is 1.97. The second-order valence-electron chi connectivity index (χ2n) is 2.62. The van der Waals surface area contributed by atoms with Gasteiger partial charge in [0.15, 0.2) is 0 Å². The molecular weight excluding hydrogens is 166 g/mol. The maximum Gasteiger partial charge on any atom is 0.0640 e. The molecular formula is C10H15NS. The zero-order chi connectivity index (χ0) is 8.81. The molecule has 1 fully saturated rings. The maximum atomic E-state index is 3.81. The first-order valence-corrected chi connectivity index (χ1v) is 5.32. The van der Waals surface area contributed by atoms with Crippen molar-refractivity contribution in [2.75, 3.05) is 18.2 Å². The van der Waals surface area contributed by atoms with E-state index in [0.29, 0.717) is 0 Å². The van der Waals surface area contributed by atoms with E-state index in [2.05, 4.69) is 23.6 Å². The molecule has 0 aromatic heterocycles. The molecule has 0 atom stereocenters. The quantitative estimate of drug-likeness (QED) is 0.616. The first-order valence-electron chi connectivity index (χ1n) is 4.16. The molecule has 0 bridgehead atoms. The summed E-state index contributed by atoms with van der Waals surface area (Å²) in [5.41, 5.74) is 1.23. The van der Waals surface area contributed by atoms with E-state index >= 15 is 0 Å². The van der Waals surface area contributed by atoms with Gasteiger partial charge in [0.05, 0.1) is 5.88 Å². The topological polar surface area (TPSA) is 3.24 Å². The molecule has 12 heavy (non-hydrogen) atoms. The van der Waals surface area contributed by atoms with Crippen molar-refractivity contribution in [1.29, 1.82) is 0 Å². The predicted octanol–water partition coefficient (Wildman–Crippen LogP) is 2.64. The largest absolute Gasteiger partial charge is 0.361 e. The number of thioether (sulfide) groups is 1. The Hall–Kier alpha value is -0.630. The van der Waals surface area contributed by atoms with Gasteiger partial charge in [-0.15, -0.1) is 11.8 Å². The molecule has 0 saturated carbocycles. The van der Waals surface area contributed by atoms with Crippen LogP contribution in [0.5, 0.6) is 0 Å². The average molecular weight is 181 g/mol. The predicted molar refractivity (Wildman–Crippen MR) is 57.1 cm³/mol. The van der Waals surface area contributed by atoms with Gasteiger partial charge in [0.25, 0.3) is 0 Å². The molecule has 0 spiro atoms. The lowest BCUT2D eigenvalue weighted by Gasteiger charge is -2.16. The fourth-order valence-corrected chi connectivity index (χ4v) is 2.09. The molecule has 0 amide bonds. The highest BCUT2D eigenvalue weighted by Gasteiger charge is 2.11. The first-order chi connectivity index (χ1) is 5.88. The van der Waals surface area contributed by atoms with E-state index in [0.717, 1.165) is 12.4 Å². The van der Waals surface area contributed by atoms with Gasteiger partial charge in [0.1, 0.15) is 0 Å². The van der Waals surface area contributed by atoms with Gasteiger partial charge in [0, 0.05) is 18.0 Å². The van der Waals surface area contributed by atoms with Crippen molar-refractivity contribution < 1.29 is 0 Å². The lowest BCUT2D eigenvalue weighted by Crippen LogP contribution is -2.17. The van der Waals surface area contributed by atoms with Crippen molar-refractivity contribution in [1.82, 2.24) is 4.90 Å². The van der Waals surface area contributed by atoms with E-state index in [1.807, 2.05) is 30.8 Å². The molecule has 1 heterocycles. The fraction of sp³-hybridized carbons (Fsp3) is 0.400. The summed E-state index contributed by atoms with van der Waals surface area (Å²) in [6.07, 6.45) is 8.12. The Morgan fingerprint density at radius 1 is 1.58 bits per heavy atom. The molecule has 2 heteroatoms. The van der Waals surface area contributed by atoms with E-state index in [9.17, 15) is 0 Å². The maximum absolute atomic E-state index is 3.81. The molecule has 1 saturated heterocycles. The van der Waals surface area contributed by atoms with Crippen LogP contribution in [0.25, 0.3) is 0 Å². The SMILES string of the molecule is C=C/C(=C\C=C/C)N1CCSC1. The van der Waals surface area contributed by atoms with E-state index in [4.69, 9.17) is 0 Å². The minimum Gasteiger partial charge on any atom is -0.361 e. The summed E-state index contributed by atoms with van der Waals surface area (Å²) < 4.78 is 0. The van der Waals surface area contributed by atoms with Gasteiger partial charge in [-0.05, 0) is 19.1 Å². The third-order valence-electron chi connectivity index (χ3n) is 1.79. The van der Waals surface area contributed by atoms with E-state index in [1.165, 1.54) is 11.4 Å². The number of rotatable bonds is 3. The van der Waals surface area contributed by atoms with Crippen LogP contribution in [0.3, 0.4) is 0 Å². The van der Waals surface area contributed by atoms with Crippen LogP contribution in [0.2, 0.25) is 0 Å². The lowest BCUT2D eigenvalue weighted by molar-refractivity contribution is 0.462. The van der Waals surface area contributed by atoms with E-state index in [1.54, 1.807) is 0 Å². The van der Waals surface area contributed by atoms with Gasteiger partial charge in [0.2, 0.25) is 0 Å². The van der Waals surface area contributed by atoms with Crippen molar-refractivity contribution in [3.05, 3.63) is 36.6 Å². The Balaban J connectivity index is 2.59. The summed E-state index contributed by atoms with van der Waals surface area (Å²) in [5.74, 6) is 2.34. The molecule has 0 unspecified atom stereocenters. The van der Waals surface area contributed by atoms with Crippen molar-refractivity contribution in [2.45, 2.75) is 6.92 Å². The van der Waals surface area contributed by atoms with Crippen LogP contribution >= 0.6 is 11.8 Å². The van der Waals surface area contributed by atoms with Crippen molar-refractivity contribution >= 4 is 11.8 Å². The molecule has 0 radical (unpaired) electrons. The van der Waals surface area contributed by atoms with E-state index < -0.39 is 0 Å². The summed E-state index contributed by atoms with van der Waals surface area (Å²) in [4.78, 5) is 2.34. The van der Waals surface area contributed by atoms with Crippen LogP contribution in [0, 0.1) is 0 Å². The second kappa shape index (κ2) is 5.09. The Bertz CT molecular complexity index is 200. The standard InChI is InChI=1S/C10H15NS/c1-3-5-6-10(4-2)11-7-8-12-9-11/h3-6H,2,7-9H2,1H3/b5-3-,10-6+. The van der Waals surface area contributed by atoms with Gasteiger partial charge < -0.3 is 4.90 Å². The summed E-state index contributed by atoms with van der Waals surface area (Å²) in [7, 11) is 0. The zero-order valence-electron chi connectivity index (χ0n) is 7.49. The van der Waals surface area contributed by atoms with Crippen LogP contribution in [-0.2, 0) is 0 Å². The molecule has 0 N–H and O–H groups in total. The number of hydrogen-bond acceptors (Lipinski definition) is 2. The number of nitrogens with zero attached hydrogens (tertiary/aromatic N) is 1. The van der Waals surface area contributed by atoms with Gasteiger partial charge in [-0.2, -0.15) is 0 Å². The highest BCUT2D eigenvalue weighted by atomic mass is 32.2. The number of hydrogen-bond donors (Lipinski definition) is 0. The van der Waals surface area contributed by atoms with Crippen molar-refractivity contribution in [3.8, 4) is 0 Å². The molecule has 1 nitrogen and oxygen atoms in total. The first kappa shape index (κ1) is 9.46. The summed E-state index contributed by atoms with van der Waals surface area (Å²) in [6, 6.07) is 0. The normalized spacial score (nSPS) is 19.1. The Morgan fingerprint density at radius 2 is 2.42 bits per heavy atom. The summed E-state index contributed by atoms with van der Waals surface area (Å²) in [5, 5.41) is 0. The highest BCUT2D eigenvalue weighted by molar-refractivity contribution is 7.99. The molecule has 0 aromatic carbocycles. The summed E-state index contributed by atoms with van der Waals surface area (Å²) in [6.45, 7) is 6.98. The Kier molecular flexibility index (Phi) is 4.01. The molecule has 0 aliphatic carbocycles. The molecule has 66 valence electrons. The second-order valence-corrected chi connectivity index (χ2v) is 3.70. The number of allylic oxidation sites excluding steroid dienone is 4. The van der Waals surface area contributed by atoms with Crippen molar-refractivity contribution in [2.24, 2.45) is 0 Å². The zero-order valence-corrected chi connectivity index (χ0v) is 8.31. The minimum absolute atomic E-state index is 1.11. The van der Waals surface area contributed by atoms with Gasteiger partial charge in [-0.25, -0.2) is 0 Å². The van der Waals surface area contributed by atoms with Gasteiger partial charge >= 0.3 is 0 Å². The molecule has 1 aliphatic heterocycles. The van der Waals surface area contributed by atoms with Crippen LogP contribution in [0.4, 0.5) is 0 Å². The van der Waals surface area contributed by atoms with Gasteiger partial charge in [-0.1, -0.05) is 18.7 Å². The molecule has 0 aromatic rings. The van der Waals surface area contributed by atoms with Crippen molar-refractivity contribution in [3.63, 3.8) is 0 Å².